The van der Waals surface area contributed by atoms with Crippen LogP contribution in [0.15, 0.2) is 42.7 Å². The Bertz CT molecular complexity index is 543. The Hall–Kier alpha value is -1.94. The Morgan fingerprint density at radius 1 is 1.10 bits per heavy atom. The van der Waals surface area contributed by atoms with Gasteiger partial charge in [-0.25, -0.2) is 4.98 Å². The summed E-state index contributed by atoms with van der Waals surface area (Å²) in [6.07, 6.45) is 4.18. The van der Waals surface area contributed by atoms with Gasteiger partial charge in [0.15, 0.2) is 0 Å². The molecule has 1 heterocycles. The van der Waals surface area contributed by atoms with Gasteiger partial charge in [0.2, 0.25) is 5.88 Å². The zero-order valence-electron chi connectivity index (χ0n) is 12.9. The number of methoxy groups -OCH3 is 1. The summed E-state index contributed by atoms with van der Waals surface area (Å²) in [4.78, 5) is 8.66. The summed E-state index contributed by atoms with van der Waals surface area (Å²) in [7, 11) is 1.64. The molecule has 1 aromatic carbocycles. The molecule has 0 spiro atoms. The van der Waals surface area contributed by atoms with E-state index in [2.05, 4.69) is 53.4 Å². The number of benzene rings is 1. The number of aromatic nitrogens is 2. The monoisotopic (exact) mass is 285 g/mol. The summed E-state index contributed by atoms with van der Waals surface area (Å²) < 4.78 is 5.31. The minimum Gasteiger partial charge on any atom is -0.480 e. The first-order valence-corrected chi connectivity index (χ1v) is 7.33. The van der Waals surface area contributed by atoms with E-state index in [1.54, 1.807) is 19.5 Å². The van der Waals surface area contributed by atoms with Crippen molar-refractivity contribution in [3.05, 3.63) is 54.0 Å². The van der Waals surface area contributed by atoms with Crippen LogP contribution in [0.25, 0.3) is 0 Å². The predicted octanol–water partition coefficient (Wildman–Crippen LogP) is 2.81. The van der Waals surface area contributed by atoms with E-state index in [9.17, 15) is 0 Å². The van der Waals surface area contributed by atoms with Crippen LogP contribution in [0.4, 0.5) is 0 Å². The summed E-state index contributed by atoms with van der Waals surface area (Å²) in [6, 6.07) is 11.0. The van der Waals surface area contributed by atoms with Crippen LogP contribution in [0.2, 0.25) is 0 Å². The first-order chi connectivity index (χ1) is 10.2. The quantitative estimate of drug-likeness (QED) is 0.850. The molecule has 1 unspecified atom stereocenters. The van der Waals surface area contributed by atoms with Crippen molar-refractivity contribution in [3.8, 4) is 5.88 Å². The molecule has 2 aromatic rings. The van der Waals surface area contributed by atoms with Gasteiger partial charge in [-0.3, -0.25) is 4.98 Å². The molecular formula is C17H23N3O. The highest BCUT2D eigenvalue weighted by Crippen LogP contribution is 2.23. The van der Waals surface area contributed by atoms with Gasteiger partial charge in [-0.05, 0) is 5.56 Å². The molecule has 0 aliphatic heterocycles. The third-order valence-electron chi connectivity index (χ3n) is 3.41. The number of nitrogens with one attached hydrogen (secondary N) is 1. The lowest BCUT2D eigenvalue weighted by atomic mass is 9.94. The van der Waals surface area contributed by atoms with Crippen LogP contribution in [0.3, 0.4) is 0 Å². The largest absolute Gasteiger partial charge is 0.480 e. The second-order valence-electron chi connectivity index (χ2n) is 5.39. The van der Waals surface area contributed by atoms with E-state index in [1.165, 1.54) is 5.56 Å². The first-order valence-electron chi connectivity index (χ1n) is 7.33. The van der Waals surface area contributed by atoms with Gasteiger partial charge in [0.25, 0.3) is 0 Å². The zero-order valence-corrected chi connectivity index (χ0v) is 12.9. The van der Waals surface area contributed by atoms with Crippen molar-refractivity contribution in [2.75, 3.05) is 13.7 Å². The normalized spacial score (nSPS) is 12.4. The molecule has 0 saturated heterocycles. The van der Waals surface area contributed by atoms with Gasteiger partial charge < -0.3 is 10.1 Å². The maximum atomic E-state index is 5.31. The third kappa shape index (κ3) is 4.53. The Balaban J connectivity index is 2.19. The molecule has 4 heteroatoms. The maximum absolute atomic E-state index is 5.31. The van der Waals surface area contributed by atoms with Gasteiger partial charge in [0.05, 0.1) is 7.11 Å². The van der Waals surface area contributed by atoms with E-state index in [4.69, 9.17) is 4.74 Å². The highest BCUT2D eigenvalue weighted by atomic mass is 16.5. The van der Waals surface area contributed by atoms with Crippen molar-refractivity contribution in [1.29, 1.82) is 0 Å². The van der Waals surface area contributed by atoms with Crippen molar-refractivity contribution >= 4 is 0 Å². The first kappa shape index (κ1) is 15.4. The summed E-state index contributed by atoms with van der Waals surface area (Å²) in [6.45, 7) is 5.22. The highest BCUT2D eigenvalue weighted by molar-refractivity contribution is 5.25. The fraction of sp³-hybridized carbons (Fsp3) is 0.412. The van der Waals surface area contributed by atoms with Gasteiger partial charge in [0, 0.05) is 37.3 Å². The fourth-order valence-electron chi connectivity index (χ4n) is 2.31. The average Bonchev–Trinajstić information content (AvgIpc) is 2.52. The molecule has 2 rings (SSSR count). The minimum atomic E-state index is 0.346. The van der Waals surface area contributed by atoms with Crippen molar-refractivity contribution in [3.63, 3.8) is 0 Å². The maximum Gasteiger partial charge on any atom is 0.235 e. The molecule has 0 amide bonds. The van der Waals surface area contributed by atoms with Gasteiger partial charge >= 0.3 is 0 Å². The summed E-state index contributed by atoms with van der Waals surface area (Å²) in [5.74, 6) is 0.960. The van der Waals surface area contributed by atoms with Gasteiger partial charge in [0.1, 0.15) is 5.69 Å². The molecule has 0 bridgehead atoms. The highest BCUT2D eigenvalue weighted by Gasteiger charge is 2.16. The van der Waals surface area contributed by atoms with Crippen molar-refractivity contribution in [1.82, 2.24) is 15.3 Å². The summed E-state index contributed by atoms with van der Waals surface area (Å²) in [5, 5.41) is 3.51. The topological polar surface area (TPSA) is 47.0 Å². The lowest BCUT2D eigenvalue weighted by Gasteiger charge is -2.20. The second-order valence-corrected chi connectivity index (χ2v) is 5.39. The Kier molecular flexibility index (Phi) is 5.69. The van der Waals surface area contributed by atoms with Gasteiger partial charge in [-0.1, -0.05) is 44.2 Å². The molecule has 21 heavy (non-hydrogen) atoms. The van der Waals surface area contributed by atoms with Crippen LogP contribution in [0.5, 0.6) is 5.88 Å². The van der Waals surface area contributed by atoms with Crippen LogP contribution in [0, 0.1) is 0 Å². The molecule has 0 fully saturated rings. The Morgan fingerprint density at radius 2 is 1.81 bits per heavy atom. The van der Waals surface area contributed by atoms with Crippen LogP contribution in [0.1, 0.15) is 31.0 Å². The number of hydrogen-bond donors (Lipinski definition) is 1. The molecule has 1 atom stereocenters. The van der Waals surface area contributed by atoms with Gasteiger partial charge in [-0.2, -0.15) is 0 Å². The van der Waals surface area contributed by atoms with Crippen LogP contribution in [-0.2, 0) is 6.42 Å². The minimum absolute atomic E-state index is 0.346. The van der Waals surface area contributed by atoms with Crippen LogP contribution < -0.4 is 10.1 Å². The van der Waals surface area contributed by atoms with E-state index in [0.717, 1.165) is 18.7 Å². The second kappa shape index (κ2) is 7.74. The van der Waals surface area contributed by atoms with E-state index in [1.807, 2.05) is 6.07 Å². The van der Waals surface area contributed by atoms with Crippen molar-refractivity contribution in [2.45, 2.75) is 32.2 Å². The van der Waals surface area contributed by atoms with E-state index in [-0.39, 0.29) is 0 Å². The lowest BCUT2D eigenvalue weighted by Crippen LogP contribution is -2.29. The van der Waals surface area contributed by atoms with Crippen LogP contribution in [-0.4, -0.2) is 29.7 Å². The van der Waals surface area contributed by atoms with Crippen molar-refractivity contribution in [2.24, 2.45) is 0 Å². The molecule has 1 N–H and O–H groups in total. The van der Waals surface area contributed by atoms with E-state index >= 15 is 0 Å². The zero-order chi connectivity index (χ0) is 15.1. The lowest BCUT2D eigenvalue weighted by molar-refractivity contribution is 0.386. The Morgan fingerprint density at radius 3 is 2.48 bits per heavy atom. The summed E-state index contributed by atoms with van der Waals surface area (Å²) in [5.41, 5.74) is 2.21. The molecule has 0 radical (unpaired) electrons. The number of nitrogens with zero attached hydrogens (tertiary/aromatic N) is 2. The molecule has 0 saturated carbocycles. The number of hydrogen-bond acceptors (Lipinski definition) is 4. The van der Waals surface area contributed by atoms with Crippen molar-refractivity contribution < 1.29 is 4.74 Å². The summed E-state index contributed by atoms with van der Waals surface area (Å²) >= 11 is 0. The average molecular weight is 285 g/mol. The molecule has 0 aliphatic rings. The smallest absolute Gasteiger partial charge is 0.235 e. The molecule has 1 aromatic heterocycles. The molecule has 0 aliphatic carbocycles. The SMILES string of the molecule is COc1nccnc1CC(CNC(C)C)c1ccccc1. The van der Waals surface area contributed by atoms with Gasteiger partial charge in [-0.15, -0.1) is 0 Å². The van der Waals surface area contributed by atoms with E-state index < -0.39 is 0 Å². The standard InChI is InChI=1S/C17H23N3O/c1-13(2)20-12-15(14-7-5-4-6-8-14)11-16-17(21-3)19-10-9-18-16/h4-10,13,15,20H,11-12H2,1-3H3. The fourth-order valence-corrected chi connectivity index (χ4v) is 2.31. The van der Waals surface area contributed by atoms with E-state index in [0.29, 0.717) is 17.8 Å². The molecular weight excluding hydrogens is 262 g/mol. The Labute approximate surface area is 126 Å². The van der Waals surface area contributed by atoms with Crippen LogP contribution >= 0.6 is 0 Å². The molecule has 4 nitrogen and oxygen atoms in total. The third-order valence-corrected chi connectivity index (χ3v) is 3.41. The number of rotatable bonds is 7. The molecule has 112 valence electrons. The predicted molar refractivity (Wildman–Crippen MR) is 84.6 cm³/mol. The number of ether oxygens (including phenoxy) is 1.